The minimum atomic E-state index is 0.202. The number of nitrogens with one attached hydrogen (secondary N) is 1. The molecule has 0 aliphatic carbocycles. The van der Waals surface area contributed by atoms with E-state index in [2.05, 4.69) is 50.2 Å². The Morgan fingerprint density at radius 2 is 1.89 bits per heavy atom. The van der Waals surface area contributed by atoms with Gasteiger partial charge in [0.2, 0.25) is 0 Å². The Bertz CT molecular complexity index is 572. The van der Waals surface area contributed by atoms with Crippen LogP contribution in [0.15, 0.2) is 51.4 Å². The van der Waals surface area contributed by atoms with Gasteiger partial charge in [-0.25, -0.2) is 0 Å². The molecule has 0 saturated heterocycles. The molecule has 2 aromatic rings. The van der Waals surface area contributed by atoms with Gasteiger partial charge < -0.3 is 5.32 Å². The third-order valence-electron chi connectivity index (χ3n) is 2.99. The van der Waals surface area contributed by atoms with Gasteiger partial charge in [-0.05, 0) is 36.2 Å². The molecule has 4 heteroatoms. The maximum Gasteiger partial charge on any atom is 0.0464 e. The van der Waals surface area contributed by atoms with E-state index in [9.17, 15) is 0 Å². The van der Waals surface area contributed by atoms with Gasteiger partial charge >= 0.3 is 0 Å². The lowest BCUT2D eigenvalue weighted by Crippen LogP contribution is -2.18. The Kier molecular flexibility index (Phi) is 5.46. The maximum atomic E-state index is 6.26. The van der Waals surface area contributed by atoms with Crippen molar-refractivity contribution in [3.05, 3.63) is 67.6 Å². The summed E-state index contributed by atoms with van der Waals surface area (Å²) in [6.07, 6.45) is 0. The Balaban J connectivity index is 2.05. The molecule has 0 aromatic heterocycles. The minimum absolute atomic E-state index is 0.202. The van der Waals surface area contributed by atoms with Crippen LogP contribution in [0.1, 0.15) is 24.1 Å². The molecule has 0 radical (unpaired) electrons. The van der Waals surface area contributed by atoms with Gasteiger partial charge in [0, 0.05) is 26.6 Å². The van der Waals surface area contributed by atoms with Crippen LogP contribution in [0.3, 0.4) is 0 Å². The molecule has 0 amide bonds. The van der Waals surface area contributed by atoms with Gasteiger partial charge in [-0.1, -0.05) is 67.7 Å². The molecule has 0 saturated carbocycles. The van der Waals surface area contributed by atoms with Gasteiger partial charge in [0.25, 0.3) is 0 Å². The van der Waals surface area contributed by atoms with Crippen LogP contribution >= 0.6 is 43.5 Å². The molecule has 0 spiro atoms. The first kappa shape index (κ1) is 15.0. The number of rotatable bonds is 4. The summed E-state index contributed by atoms with van der Waals surface area (Å²) in [7, 11) is 0. The van der Waals surface area contributed by atoms with E-state index in [1.165, 1.54) is 5.56 Å². The van der Waals surface area contributed by atoms with Gasteiger partial charge in [0.1, 0.15) is 0 Å². The van der Waals surface area contributed by atoms with Crippen LogP contribution < -0.4 is 5.32 Å². The Hall–Kier alpha value is -0.350. The highest BCUT2D eigenvalue weighted by molar-refractivity contribution is 9.10. The zero-order valence-electron chi connectivity index (χ0n) is 10.5. The van der Waals surface area contributed by atoms with Crippen LogP contribution in [0.4, 0.5) is 0 Å². The van der Waals surface area contributed by atoms with E-state index in [0.717, 1.165) is 26.1 Å². The molecule has 1 atom stereocenters. The number of benzene rings is 2. The summed E-state index contributed by atoms with van der Waals surface area (Å²) in [6.45, 7) is 2.92. The first-order valence-corrected chi connectivity index (χ1v) is 7.96. The first-order valence-electron chi connectivity index (χ1n) is 5.99. The minimum Gasteiger partial charge on any atom is -0.306 e. The molecule has 0 aliphatic heterocycles. The summed E-state index contributed by atoms with van der Waals surface area (Å²) in [5.41, 5.74) is 2.35. The summed E-state index contributed by atoms with van der Waals surface area (Å²) in [5.74, 6) is 0. The lowest BCUT2D eigenvalue weighted by atomic mass is 10.1. The Morgan fingerprint density at radius 1 is 1.16 bits per heavy atom. The monoisotopic (exact) mass is 401 g/mol. The molecule has 2 rings (SSSR count). The third-order valence-corrected chi connectivity index (χ3v) is 4.58. The standard InChI is InChI=1S/C15H14Br2ClN/c1-10(13-7-6-12(16)8-15(13)18)19-9-11-4-2-3-5-14(11)17/h2-8,10,19H,9H2,1H3. The van der Waals surface area contributed by atoms with Crippen LogP contribution in [-0.2, 0) is 6.54 Å². The van der Waals surface area contributed by atoms with E-state index in [1.54, 1.807) is 0 Å². The Morgan fingerprint density at radius 3 is 2.58 bits per heavy atom. The fraction of sp³-hybridized carbons (Fsp3) is 0.200. The van der Waals surface area contributed by atoms with Crippen molar-refractivity contribution in [1.29, 1.82) is 0 Å². The highest BCUT2D eigenvalue weighted by Gasteiger charge is 2.10. The fourth-order valence-electron chi connectivity index (χ4n) is 1.87. The average Bonchev–Trinajstić information content (AvgIpc) is 2.37. The molecule has 0 heterocycles. The van der Waals surface area contributed by atoms with Crippen LogP contribution in [-0.4, -0.2) is 0 Å². The maximum absolute atomic E-state index is 6.26. The van der Waals surface area contributed by atoms with Gasteiger partial charge in [0.15, 0.2) is 0 Å². The van der Waals surface area contributed by atoms with Crippen molar-refractivity contribution >= 4 is 43.5 Å². The van der Waals surface area contributed by atoms with Crippen molar-refractivity contribution < 1.29 is 0 Å². The zero-order valence-corrected chi connectivity index (χ0v) is 14.4. The predicted octanol–water partition coefficient (Wildman–Crippen LogP) is 5.72. The van der Waals surface area contributed by atoms with Gasteiger partial charge in [-0.2, -0.15) is 0 Å². The molecule has 19 heavy (non-hydrogen) atoms. The summed E-state index contributed by atoms with van der Waals surface area (Å²) in [5, 5.41) is 4.27. The first-order chi connectivity index (χ1) is 9.08. The van der Waals surface area contributed by atoms with Crippen molar-refractivity contribution in [3.8, 4) is 0 Å². The van der Waals surface area contributed by atoms with Crippen molar-refractivity contribution in [1.82, 2.24) is 5.32 Å². The van der Waals surface area contributed by atoms with E-state index in [0.29, 0.717) is 0 Å². The molecule has 1 unspecified atom stereocenters. The second-order valence-corrected chi connectivity index (χ2v) is 6.54. The van der Waals surface area contributed by atoms with E-state index in [-0.39, 0.29) is 6.04 Å². The van der Waals surface area contributed by atoms with Gasteiger partial charge in [0.05, 0.1) is 0 Å². The van der Waals surface area contributed by atoms with Crippen molar-refractivity contribution in [2.75, 3.05) is 0 Å². The molecule has 0 bridgehead atoms. The molecule has 1 N–H and O–H groups in total. The molecule has 0 fully saturated rings. The molecule has 0 aliphatic rings. The second kappa shape index (κ2) is 6.89. The number of hydrogen-bond acceptors (Lipinski definition) is 1. The quantitative estimate of drug-likeness (QED) is 0.689. The van der Waals surface area contributed by atoms with E-state index in [1.807, 2.05) is 36.4 Å². The topological polar surface area (TPSA) is 12.0 Å². The Labute approximate surface area is 135 Å². The SMILES string of the molecule is CC(NCc1ccccc1Br)c1ccc(Br)cc1Cl. The highest BCUT2D eigenvalue weighted by atomic mass is 79.9. The third kappa shape index (κ3) is 4.06. The number of hydrogen-bond donors (Lipinski definition) is 1. The zero-order chi connectivity index (χ0) is 13.8. The second-order valence-electron chi connectivity index (χ2n) is 4.36. The lowest BCUT2D eigenvalue weighted by Gasteiger charge is -2.16. The van der Waals surface area contributed by atoms with E-state index in [4.69, 9.17) is 11.6 Å². The normalized spacial score (nSPS) is 12.4. The fourth-order valence-corrected chi connectivity index (χ4v) is 3.13. The van der Waals surface area contributed by atoms with Crippen LogP contribution in [0.5, 0.6) is 0 Å². The molecule has 2 aromatic carbocycles. The van der Waals surface area contributed by atoms with E-state index < -0.39 is 0 Å². The lowest BCUT2D eigenvalue weighted by molar-refractivity contribution is 0.574. The summed E-state index contributed by atoms with van der Waals surface area (Å²) < 4.78 is 2.12. The summed E-state index contributed by atoms with van der Waals surface area (Å²) >= 11 is 13.2. The molecule has 100 valence electrons. The molecule has 1 nitrogen and oxygen atoms in total. The summed E-state index contributed by atoms with van der Waals surface area (Å²) in [4.78, 5) is 0. The summed E-state index contributed by atoms with van der Waals surface area (Å²) in [6, 6.07) is 14.4. The largest absolute Gasteiger partial charge is 0.306 e. The molecular formula is C15H14Br2ClN. The highest BCUT2D eigenvalue weighted by Crippen LogP contribution is 2.27. The average molecular weight is 404 g/mol. The predicted molar refractivity (Wildman–Crippen MR) is 88.5 cm³/mol. The smallest absolute Gasteiger partial charge is 0.0464 e. The van der Waals surface area contributed by atoms with Crippen molar-refractivity contribution in [3.63, 3.8) is 0 Å². The van der Waals surface area contributed by atoms with Crippen molar-refractivity contribution in [2.24, 2.45) is 0 Å². The van der Waals surface area contributed by atoms with Crippen LogP contribution in [0.25, 0.3) is 0 Å². The van der Waals surface area contributed by atoms with Crippen molar-refractivity contribution in [2.45, 2.75) is 19.5 Å². The molecular weight excluding hydrogens is 389 g/mol. The van der Waals surface area contributed by atoms with Gasteiger partial charge in [-0.15, -0.1) is 0 Å². The van der Waals surface area contributed by atoms with Crippen LogP contribution in [0, 0.1) is 0 Å². The van der Waals surface area contributed by atoms with E-state index >= 15 is 0 Å². The van der Waals surface area contributed by atoms with Crippen LogP contribution in [0.2, 0.25) is 5.02 Å². The number of halogens is 3. The van der Waals surface area contributed by atoms with Gasteiger partial charge in [-0.3, -0.25) is 0 Å².